The number of fused-ring (bicyclic) bond motifs is 2. The predicted octanol–water partition coefficient (Wildman–Crippen LogP) is 4.76. The number of rotatable bonds is 5. The molecular formula is C18H24ClNOS. The van der Waals surface area contributed by atoms with E-state index in [1.807, 2.05) is 31.2 Å². The molecule has 5 atom stereocenters. The smallest absolute Gasteiger partial charge is 0.233 e. The second-order valence-electron chi connectivity index (χ2n) is 6.83. The topological polar surface area (TPSA) is 29.1 Å². The molecule has 22 heavy (non-hydrogen) atoms. The molecule has 0 saturated heterocycles. The molecule has 0 aromatic heterocycles. The summed E-state index contributed by atoms with van der Waals surface area (Å²) in [6.45, 7) is 4.13. The summed E-state index contributed by atoms with van der Waals surface area (Å²) in [5.74, 6) is 2.57. The molecule has 1 aromatic rings. The van der Waals surface area contributed by atoms with Gasteiger partial charge in [-0.1, -0.05) is 30.2 Å². The zero-order chi connectivity index (χ0) is 15.7. The Balaban J connectivity index is 1.54. The number of halogens is 1. The summed E-state index contributed by atoms with van der Waals surface area (Å²) >= 11 is 7.71. The summed E-state index contributed by atoms with van der Waals surface area (Å²) < 4.78 is 0. The lowest BCUT2D eigenvalue weighted by atomic mass is 9.84. The summed E-state index contributed by atoms with van der Waals surface area (Å²) in [7, 11) is 0. The van der Waals surface area contributed by atoms with E-state index in [9.17, 15) is 4.79 Å². The van der Waals surface area contributed by atoms with Crippen LogP contribution in [0.5, 0.6) is 0 Å². The van der Waals surface area contributed by atoms with Crippen molar-refractivity contribution in [2.24, 2.45) is 17.8 Å². The minimum absolute atomic E-state index is 0.124. The molecule has 0 radical (unpaired) electrons. The first-order valence-electron chi connectivity index (χ1n) is 8.26. The van der Waals surface area contributed by atoms with Crippen LogP contribution in [0.3, 0.4) is 0 Å². The van der Waals surface area contributed by atoms with Crippen molar-refractivity contribution in [1.29, 1.82) is 0 Å². The lowest BCUT2D eigenvalue weighted by molar-refractivity contribution is -0.121. The molecule has 2 saturated carbocycles. The maximum Gasteiger partial charge on any atom is 0.233 e. The molecule has 1 aromatic carbocycles. The molecule has 2 aliphatic rings. The zero-order valence-electron chi connectivity index (χ0n) is 13.2. The van der Waals surface area contributed by atoms with Gasteiger partial charge >= 0.3 is 0 Å². The molecule has 1 amide bonds. The number of hydrogen-bond acceptors (Lipinski definition) is 2. The number of amides is 1. The summed E-state index contributed by atoms with van der Waals surface area (Å²) in [6.07, 6.45) is 5.45. The largest absolute Gasteiger partial charge is 0.352 e. The first-order chi connectivity index (χ1) is 10.5. The van der Waals surface area contributed by atoms with Crippen LogP contribution in [-0.4, -0.2) is 17.2 Å². The highest BCUT2D eigenvalue weighted by Crippen LogP contribution is 2.49. The fourth-order valence-corrected chi connectivity index (χ4v) is 5.30. The number of nitrogens with one attached hydrogen (secondary N) is 1. The SMILES string of the molecule is C[C@H](Sc1ccccc1Cl)C(=O)N[C@H](C)[C@@H]1C[C@H]2CC[C@H]1C2. The average Bonchev–Trinajstić information content (AvgIpc) is 3.12. The monoisotopic (exact) mass is 337 g/mol. The summed E-state index contributed by atoms with van der Waals surface area (Å²) in [5.41, 5.74) is 0. The fraction of sp³-hybridized carbons (Fsp3) is 0.611. The Morgan fingerprint density at radius 2 is 2.05 bits per heavy atom. The first kappa shape index (κ1) is 16.2. The van der Waals surface area contributed by atoms with E-state index in [1.54, 1.807) is 0 Å². The molecule has 1 N–H and O–H groups in total. The van der Waals surface area contributed by atoms with Crippen LogP contribution in [-0.2, 0) is 4.79 Å². The Morgan fingerprint density at radius 3 is 2.68 bits per heavy atom. The van der Waals surface area contributed by atoms with Gasteiger partial charge in [-0.3, -0.25) is 4.79 Å². The van der Waals surface area contributed by atoms with Gasteiger partial charge in [-0.15, -0.1) is 11.8 Å². The Morgan fingerprint density at radius 1 is 1.27 bits per heavy atom. The van der Waals surface area contributed by atoms with Crippen molar-refractivity contribution in [3.8, 4) is 0 Å². The van der Waals surface area contributed by atoms with Crippen molar-refractivity contribution < 1.29 is 4.79 Å². The fourth-order valence-electron chi connectivity index (χ4n) is 4.14. The van der Waals surface area contributed by atoms with E-state index in [1.165, 1.54) is 37.4 Å². The quantitative estimate of drug-likeness (QED) is 0.785. The third-order valence-corrected chi connectivity index (χ3v) is 6.93. The number of carbonyl (C=O) groups is 1. The Kier molecular flexibility index (Phi) is 5.03. The molecule has 3 rings (SSSR count). The number of benzene rings is 1. The predicted molar refractivity (Wildman–Crippen MR) is 93.3 cm³/mol. The summed E-state index contributed by atoms with van der Waals surface area (Å²) in [6, 6.07) is 7.99. The van der Waals surface area contributed by atoms with Crippen LogP contribution < -0.4 is 5.32 Å². The second kappa shape index (κ2) is 6.84. The van der Waals surface area contributed by atoms with Crippen molar-refractivity contribution in [2.45, 2.75) is 55.7 Å². The van der Waals surface area contributed by atoms with Crippen molar-refractivity contribution in [3.63, 3.8) is 0 Å². The zero-order valence-corrected chi connectivity index (χ0v) is 14.8. The van der Waals surface area contributed by atoms with Gasteiger partial charge in [0.1, 0.15) is 0 Å². The van der Waals surface area contributed by atoms with E-state index in [2.05, 4.69) is 12.2 Å². The maximum absolute atomic E-state index is 12.5. The Labute approximate surface area is 142 Å². The summed E-state index contributed by atoms with van der Waals surface area (Å²) in [5, 5.41) is 3.84. The normalized spacial score (nSPS) is 29.3. The molecule has 2 nitrogen and oxygen atoms in total. The molecule has 0 unspecified atom stereocenters. The third-order valence-electron chi connectivity index (χ3n) is 5.31. The van der Waals surface area contributed by atoms with Gasteiger partial charge in [0, 0.05) is 10.9 Å². The summed E-state index contributed by atoms with van der Waals surface area (Å²) in [4.78, 5) is 13.4. The van der Waals surface area contributed by atoms with E-state index in [4.69, 9.17) is 11.6 Å². The lowest BCUT2D eigenvalue weighted by Gasteiger charge is -2.29. The third kappa shape index (κ3) is 3.46. The van der Waals surface area contributed by atoms with E-state index >= 15 is 0 Å². The van der Waals surface area contributed by atoms with Crippen molar-refractivity contribution in [2.75, 3.05) is 0 Å². The lowest BCUT2D eigenvalue weighted by Crippen LogP contribution is -2.43. The van der Waals surface area contributed by atoms with Gasteiger partial charge in [-0.25, -0.2) is 0 Å². The van der Waals surface area contributed by atoms with Crippen LogP contribution >= 0.6 is 23.4 Å². The van der Waals surface area contributed by atoms with Crippen molar-refractivity contribution in [1.82, 2.24) is 5.32 Å². The van der Waals surface area contributed by atoms with Gasteiger partial charge in [-0.05, 0) is 63.0 Å². The molecule has 0 spiro atoms. The standard InChI is InChI=1S/C18H24ClNOS/c1-11(15-10-13-7-8-14(15)9-13)20-18(21)12(2)22-17-6-4-3-5-16(17)19/h3-6,11-15H,7-10H2,1-2H3,(H,20,21)/t11-,12+,13+,14+,15+/m1/s1. The van der Waals surface area contributed by atoms with Gasteiger partial charge in [0.25, 0.3) is 0 Å². The minimum atomic E-state index is -0.124. The van der Waals surface area contributed by atoms with Crippen LogP contribution in [0.4, 0.5) is 0 Å². The van der Waals surface area contributed by atoms with Crippen LogP contribution in [0.15, 0.2) is 29.2 Å². The van der Waals surface area contributed by atoms with E-state index in [0.717, 1.165) is 16.7 Å². The van der Waals surface area contributed by atoms with Crippen LogP contribution in [0, 0.1) is 17.8 Å². The van der Waals surface area contributed by atoms with Gasteiger partial charge in [0.2, 0.25) is 5.91 Å². The molecule has 4 heteroatoms. The molecule has 0 aliphatic heterocycles. The minimum Gasteiger partial charge on any atom is -0.352 e. The molecule has 0 heterocycles. The van der Waals surface area contributed by atoms with Crippen LogP contribution in [0.1, 0.15) is 39.5 Å². The highest BCUT2D eigenvalue weighted by Gasteiger charge is 2.42. The maximum atomic E-state index is 12.5. The highest BCUT2D eigenvalue weighted by molar-refractivity contribution is 8.00. The van der Waals surface area contributed by atoms with Crippen molar-refractivity contribution >= 4 is 29.3 Å². The first-order valence-corrected chi connectivity index (χ1v) is 9.52. The van der Waals surface area contributed by atoms with Crippen LogP contribution in [0.2, 0.25) is 5.02 Å². The van der Waals surface area contributed by atoms with E-state index in [-0.39, 0.29) is 17.2 Å². The molecule has 2 aliphatic carbocycles. The number of hydrogen-bond donors (Lipinski definition) is 1. The van der Waals surface area contributed by atoms with Gasteiger partial charge < -0.3 is 5.32 Å². The molecular weight excluding hydrogens is 314 g/mol. The highest BCUT2D eigenvalue weighted by atomic mass is 35.5. The van der Waals surface area contributed by atoms with Crippen molar-refractivity contribution in [3.05, 3.63) is 29.3 Å². The number of thioether (sulfide) groups is 1. The second-order valence-corrected chi connectivity index (χ2v) is 8.62. The Bertz CT molecular complexity index is 550. The van der Waals surface area contributed by atoms with Gasteiger partial charge in [0.15, 0.2) is 0 Å². The molecule has 2 fully saturated rings. The molecule has 2 bridgehead atoms. The number of carbonyl (C=O) groups excluding carboxylic acids is 1. The Hall–Kier alpha value is -0.670. The van der Waals surface area contributed by atoms with Gasteiger partial charge in [-0.2, -0.15) is 0 Å². The molecule has 120 valence electrons. The van der Waals surface area contributed by atoms with Crippen LogP contribution in [0.25, 0.3) is 0 Å². The van der Waals surface area contributed by atoms with E-state index < -0.39 is 0 Å². The average molecular weight is 338 g/mol. The van der Waals surface area contributed by atoms with Gasteiger partial charge in [0.05, 0.1) is 10.3 Å². The van der Waals surface area contributed by atoms with E-state index in [0.29, 0.717) is 10.9 Å².